The van der Waals surface area contributed by atoms with Crippen LogP contribution >= 0.6 is 11.3 Å². The first-order valence-electron chi connectivity index (χ1n) is 5.75. The van der Waals surface area contributed by atoms with E-state index in [0.717, 1.165) is 30.1 Å². The van der Waals surface area contributed by atoms with E-state index in [-0.39, 0.29) is 5.91 Å². The molecule has 0 aliphatic rings. The number of amides is 1. The standard InChI is InChI=1S/C12H20N2OS/c1-9(2)6-7-13-11(15)4-5-12-14-10(3)8-16-12/h8-9H,4-7H2,1-3H3,(H,13,15). The fourth-order valence-electron chi connectivity index (χ4n) is 1.33. The molecule has 0 saturated carbocycles. The smallest absolute Gasteiger partial charge is 0.220 e. The molecule has 0 atom stereocenters. The highest BCUT2D eigenvalue weighted by Crippen LogP contribution is 2.10. The van der Waals surface area contributed by atoms with Gasteiger partial charge in [0, 0.05) is 30.5 Å². The lowest BCUT2D eigenvalue weighted by atomic mass is 10.1. The molecule has 1 rings (SSSR count). The summed E-state index contributed by atoms with van der Waals surface area (Å²) in [5, 5.41) is 6.00. The number of carbonyl (C=O) groups excluding carboxylic acids is 1. The topological polar surface area (TPSA) is 42.0 Å². The number of nitrogens with zero attached hydrogens (tertiary/aromatic N) is 1. The summed E-state index contributed by atoms with van der Waals surface area (Å²) in [4.78, 5) is 15.8. The summed E-state index contributed by atoms with van der Waals surface area (Å²) < 4.78 is 0. The molecule has 1 aromatic heterocycles. The Labute approximate surface area is 101 Å². The third-order valence-corrected chi connectivity index (χ3v) is 3.30. The Bertz CT molecular complexity index is 334. The van der Waals surface area contributed by atoms with Crippen LogP contribution in [0, 0.1) is 12.8 Å². The molecule has 0 saturated heterocycles. The van der Waals surface area contributed by atoms with Crippen molar-refractivity contribution in [3.05, 3.63) is 16.1 Å². The average Bonchev–Trinajstić information content (AvgIpc) is 2.61. The number of thiazole rings is 1. The Hall–Kier alpha value is -0.900. The van der Waals surface area contributed by atoms with Gasteiger partial charge in [0.15, 0.2) is 0 Å². The highest BCUT2D eigenvalue weighted by atomic mass is 32.1. The fraction of sp³-hybridized carbons (Fsp3) is 0.667. The maximum Gasteiger partial charge on any atom is 0.220 e. The van der Waals surface area contributed by atoms with E-state index in [2.05, 4.69) is 24.1 Å². The third-order valence-electron chi connectivity index (χ3n) is 2.28. The van der Waals surface area contributed by atoms with E-state index in [9.17, 15) is 4.79 Å². The first-order valence-corrected chi connectivity index (χ1v) is 6.63. The van der Waals surface area contributed by atoms with Crippen molar-refractivity contribution in [3.8, 4) is 0 Å². The SMILES string of the molecule is Cc1csc(CCC(=O)NCCC(C)C)n1. The fourth-order valence-corrected chi connectivity index (χ4v) is 2.10. The molecule has 0 radical (unpaired) electrons. The van der Waals surface area contributed by atoms with Gasteiger partial charge >= 0.3 is 0 Å². The van der Waals surface area contributed by atoms with Crippen molar-refractivity contribution in [3.63, 3.8) is 0 Å². The second-order valence-electron chi connectivity index (χ2n) is 4.42. The van der Waals surface area contributed by atoms with Gasteiger partial charge in [0.1, 0.15) is 0 Å². The lowest BCUT2D eigenvalue weighted by Gasteiger charge is -2.06. The normalized spacial score (nSPS) is 10.8. The second kappa shape index (κ2) is 6.63. The zero-order valence-electron chi connectivity index (χ0n) is 10.2. The summed E-state index contributed by atoms with van der Waals surface area (Å²) in [5.41, 5.74) is 1.04. The van der Waals surface area contributed by atoms with Crippen LogP contribution < -0.4 is 5.32 Å². The Morgan fingerprint density at radius 2 is 2.31 bits per heavy atom. The second-order valence-corrected chi connectivity index (χ2v) is 5.36. The van der Waals surface area contributed by atoms with Gasteiger partial charge in [0.25, 0.3) is 0 Å². The summed E-state index contributed by atoms with van der Waals surface area (Å²) in [6, 6.07) is 0. The Morgan fingerprint density at radius 3 is 2.88 bits per heavy atom. The number of aryl methyl sites for hydroxylation is 2. The molecule has 1 N–H and O–H groups in total. The van der Waals surface area contributed by atoms with Crippen LogP contribution in [0.15, 0.2) is 5.38 Å². The van der Waals surface area contributed by atoms with Gasteiger partial charge in [-0.05, 0) is 19.3 Å². The van der Waals surface area contributed by atoms with E-state index in [0.29, 0.717) is 12.3 Å². The maximum absolute atomic E-state index is 11.5. The first-order chi connectivity index (χ1) is 7.58. The summed E-state index contributed by atoms with van der Waals surface area (Å²) in [5.74, 6) is 0.774. The molecule has 1 heterocycles. The number of nitrogens with one attached hydrogen (secondary N) is 1. The van der Waals surface area contributed by atoms with Crippen molar-refractivity contribution in [1.29, 1.82) is 0 Å². The highest BCUT2D eigenvalue weighted by molar-refractivity contribution is 7.09. The Morgan fingerprint density at radius 1 is 1.56 bits per heavy atom. The van der Waals surface area contributed by atoms with Gasteiger partial charge in [-0.1, -0.05) is 13.8 Å². The van der Waals surface area contributed by atoms with Crippen LogP contribution in [0.25, 0.3) is 0 Å². The number of rotatable bonds is 6. The molecule has 0 spiro atoms. The van der Waals surface area contributed by atoms with Crippen LogP contribution in [-0.4, -0.2) is 17.4 Å². The number of hydrogen-bond acceptors (Lipinski definition) is 3. The quantitative estimate of drug-likeness (QED) is 0.830. The van der Waals surface area contributed by atoms with Gasteiger partial charge in [0.2, 0.25) is 5.91 Å². The van der Waals surface area contributed by atoms with Gasteiger partial charge in [0.05, 0.1) is 5.01 Å². The zero-order chi connectivity index (χ0) is 12.0. The predicted octanol–water partition coefficient (Wildman–Crippen LogP) is 2.55. The minimum Gasteiger partial charge on any atom is -0.356 e. The van der Waals surface area contributed by atoms with Crippen molar-refractivity contribution in [2.24, 2.45) is 5.92 Å². The van der Waals surface area contributed by atoms with E-state index in [1.807, 2.05) is 12.3 Å². The van der Waals surface area contributed by atoms with Gasteiger partial charge in [-0.15, -0.1) is 11.3 Å². The number of hydrogen-bond donors (Lipinski definition) is 1. The van der Waals surface area contributed by atoms with Crippen LogP contribution in [0.1, 0.15) is 37.4 Å². The van der Waals surface area contributed by atoms with Crippen molar-refractivity contribution in [2.45, 2.75) is 40.0 Å². The molecule has 0 aromatic carbocycles. The van der Waals surface area contributed by atoms with Crippen molar-refractivity contribution >= 4 is 17.2 Å². The summed E-state index contributed by atoms with van der Waals surface area (Å²) in [6.45, 7) is 7.07. The monoisotopic (exact) mass is 240 g/mol. The largest absolute Gasteiger partial charge is 0.356 e. The van der Waals surface area contributed by atoms with Crippen molar-refractivity contribution in [1.82, 2.24) is 10.3 Å². The molecule has 90 valence electrons. The Kier molecular flexibility index (Phi) is 5.46. The molecule has 0 fully saturated rings. The molecule has 0 aliphatic heterocycles. The molecule has 0 bridgehead atoms. The molecule has 0 aliphatic carbocycles. The van der Waals surface area contributed by atoms with Gasteiger partial charge in [-0.2, -0.15) is 0 Å². The van der Waals surface area contributed by atoms with E-state index in [4.69, 9.17) is 0 Å². The molecule has 3 nitrogen and oxygen atoms in total. The minimum absolute atomic E-state index is 0.133. The van der Waals surface area contributed by atoms with E-state index >= 15 is 0 Å². The van der Waals surface area contributed by atoms with Crippen molar-refractivity contribution in [2.75, 3.05) is 6.54 Å². The van der Waals surface area contributed by atoms with Gasteiger partial charge < -0.3 is 5.32 Å². The molecule has 0 unspecified atom stereocenters. The highest BCUT2D eigenvalue weighted by Gasteiger charge is 2.04. The van der Waals surface area contributed by atoms with Crippen LogP contribution in [0.3, 0.4) is 0 Å². The lowest BCUT2D eigenvalue weighted by molar-refractivity contribution is -0.121. The third kappa shape index (κ3) is 5.26. The molecule has 1 amide bonds. The van der Waals surface area contributed by atoms with Crippen LogP contribution in [0.5, 0.6) is 0 Å². The summed E-state index contributed by atoms with van der Waals surface area (Å²) >= 11 is 1.63. The van der Waals surface area contributed by atoms with Gasteiger partial charge in [-0.3, -0.25) is 4.79 Å². The molecule has 4 heteroatoms. The lowest BCUT2D eigenvalue weighted by Crippen LogP contribution is -2.25. The molecular weight excluding hydrogens is 220 g/mol. The van der Waals surface area contributed by atoms with Crippen LogP contribution in [0.4, 0.5) is 0 Å². The summed E-state index contributed by atoms with van der Waals surface area (Å²) in [6.07, 6.45) is 2.35. The zero-order valence-corrected chi connectivity index (χ0v) is 11.1. The first kappa shape index (κ1) is 13.2. The molecule has 1 aromatic rings. The van der Waals surface area contributed by atoms with Crippen LogP contribution in [0.2, 0.25) is 0 Å². The minimum atomic E-state index is 0.133. The molecule has 16 heavy (non-hydrogen) atoms. The maximum atomic E-state index is 11.5. The number of carbonyl (C=O) groups is 1. The molecular formula is C12H20N2OS. The van der Waals surface area contributed by atoms with E-state index in [1.54, 1.807) is 11.3 Å². The van der Waals surface area contributed by atoms with Crippen molar-refractivity contribution < 1.29 is 4.79 Å². The summed E-state index contributed by atoms with van der Waals surface area (Å²) in [7, 11) is 0. The number of aromatic nitrogens is 1. The van der Waals surface area contributed by atoms with Gasteiger partial charge in [-0.25, -0.2) is 4.98 Å². The Balaban J connectivity index is 2.15. The average molecular weight is 240 g/mol. The van der Waals surface area contributed by atoms with E-state index in [1.165, 1.54) is 0 Å². The van der Waals surface area contributed by atoms with Crippen LogP contribution in [-0.2, 0) is 11.2 Å². The predicted molar refractivity (Wildman–Crippen MR) is 67.6 cm³/mol. The van der Waals surface area contributed by atoms with E-state index < -0.39 is 0 Å².